The van der Waals surface area contributed by atoms with Crippen LogP contribution in [-0.2, 0) is 9.53 Å². The molecule has 0 aromatic carbocycles. The third-order valence-electron chi connectivity index (χ3n) is 4.61. The Morgan fingerprint density at radius 3 is 2.61 bits per heavy atom. The first-order chi connectivity index (χ1) is 11.1. The third-order valence-corrected chi connectivity index (χ3v) is 4.61. The van der Waals surface area contributed by atoms with Gasteiger partial charge in [-0.1, -0.05) is 0 Å². The van der Waals surface area contributed by atoms with Crippen LogP contribution in [0.1, 0.15) is 29.6 Å². The predicted octanol–water partition coefficient (Wildman–Crippen LogP) is 0.397. The summed E-state index contributed by atoms with van der Waals surface area (Å²) in [5.41, 5.74) is 5.89. The molecular weight excluding hydrogens is 296 g/mol. The van der Waals surface area contributed by atoms with E-state index in [1.807, 2.05) is 6.07 Å². The zero-order chi connectivity index (χ0) is 16.4. The number of amides is 2. The Kier molecular flexibility index (Phi) is 4.47. The van der Waals surface area contributed by atoms with E-state index in [2.05, 4.69) is 9.88 Å². The normalized spacial score (nSPS) is 24.2. The number of aromatic nitrogens is 1. The van der Waals surface area contributed by atoms with E-state index in [9.17, 15) is 9.59 Å². The molecule has 3 heterocycles. The maximum atomic E-state index is 12.7. The average Bonchev–Trinajstić information content (AvgIpc) is 3.23. The van der Waals surface area contributed by atoms with Gasteiger partial charge in [0.1, 0.15) is 11.9 Å². The number of nitrogens with zero attached hydrogens (tertiary/aromatic N) is 3. The summed E-state index contributed by atoms with van der Waals surface area (Å²) in [4.78, 5) is 32.3. The molecule has 2 fully saturated rings. The predicted molar refractivity (Wildman–Crippen MR) is 85.1 cm³/mol. The molecule has 23 heavy (non-hydrogen) atoms. The number of hydrogen-bond donors (Lipinski definition) is 1. The van der Waals surface area contributed by atoms with Crippen LogP contribution in [0.15, 0.2) is 18.3 Å². The number of rotatable bonds is 4. The van der Waals surface area contributed by atoms with Crippen LogP contribution in [0.5, 0.6) is 0 Å². The number of methoxy groups -OCH3 is 1. The number of ether oxygens (including phenoxy) is 1. The molecule has 2 aliphatic rings. The van der Waals surface area contributed by atoms with Crippen molar-refractivity contribution in [1.82, 2.24) is 9.88 Å². The molecule has 2 saturated heterocycles. The fourth-order valence-corrected chi connectivity index (χ4v) is 3.27. The van der Waals surface area contributed by atoms with Crippen LogP contribution in [0.3, 0.4) is 0 Å². The molecule has 0 bridgehead atoms. The fourth-order valence-electron chi connectivity index (χ4n) is 3.27. The van der Waals surface area contributed by atoms with Crippen LogP contribution < -0.4 is 10.6 Å². The highest BCUT2D eigenvalue weighted by molar-refractivity contribution is 5.97. The van der Waals surface area contributed by atoms with Gasteiger partial charge in [0.25, 0.3) is 5.91 Å². The molecule has 2 N–H and O–H groups in total. The summed E-state index contributed by atoms with van der Waals surface area (Å²) in [6, 6.07) is 3.01. The fraction of sp³-hybridized carbons (Fsp3) is 0.562. The molecule has 2 amide bonds. The van der Waals surface area contributed by atoms with E-state index >= 15 is 0 Å². The van der Waals surface area contributed by atoms with Gasteiger partial charge in [-0.3, -0.25) is 9.59 Å². The first kappa shape index (κ1) is 15.7. The van der Waals surface area contributed by atoms with E-state index in [0.29, 0.717) is 18.5 Å². The first-order valence-corrected chi connectivity index (χ1v) is 7.94. The average molecular weight is 318 g/mol. The Hall–Kier alpha value is -2.15. The van der Waals surface area contributed by atoms with Crippen molar-refractivity contribution >= 4 is 17.6 Å². The number of hydrogen-bond acceptors (Lipinski definition) is 5. The van der Waals surface area contributed by atoms with Crippen LogP contribution in [0.4, 0.5) is 5.82 Å². The topological polar surface area (TPSA) is 88.8 Å². The summed E-state index contributed by atoms with van der Waals surface area (Å²) in [7, 11) is 1.57. The van der Waals surface area contributed by atoms with E-state index in [1.54, 1.807) is 19.4 Å². The Balaban J connectivity index is 1.75. The molecule has 0 aliphatic carbocycles. The van der Waals surface area contributed by atoms with E-state index in [4.69, 9.17) is 10.5 Å². The second-order valence-corrected chi connectivity index (χ2v) is 6.07. The zero-order valence-electron chi connectivity index (χ0n) is 13.3. The Labute approximate surface area is 135 Å². The monoisotopic (exact) mass is 318 g/mol. The van der Waals surface area contributed by atoms with E-state index in [1.165, 1.54) is 17.7 Å². The second kappa shape index (κ2) is 6.54. The van der Waals surface area contributed by atoms with Crippen molar-refractivity contribution in [2.24, 2.45) is 5.73 Å². The molecule has 7 heteroatoms. The highest BCUT2D eigenvalue weighted by Gasteiger charge is 2.39. The lowest BCUT2D eigenvalue weighted by molar-refractivity contribution is -0.121. The maximum Gasteiger partial charge on any atom is 0.256 e. The Morgan fingerprint density at radius 1 is 1.30 bits per heavy atom. The zero-order valence-corrected chi connectivity index (χ0v) is 13.3. The summed E-state index contributed by atoms with van der Waals surface area (Å²) in [6.45, 7) is 2.38. The summed E-state index contributed by atoms with van der Waals surface area (Å²) >= 11 is 0. The van der Waals surface area contributed by atoms with Gasteiger partial charge in [0, 0.05) is 39.4 Å². The van der Waals surface area contributed by atoms with Crippen molar-refractivity contribution in [3.8, 4) is 0 Å². The van der Waals surface area contributed by atoms with Gasteiger partial charge in [0.05, 0.1) is 11.7 Å². The number of pyridine rings is 1. The number of nitrogens with two attached hydrogens (primary N) is 1. The standard InChI is InChI=1S/C16H22N4O3/c1-23-12-8-13(15(17)21)20(10-12)16(22)11-4-5-14(18-9-11)19-6-2-3-7-19/h4-5,9,12-13H,2-3,6-8,10H2,1H3,(H2,17,21)/t12-,13-/m0/s1. The van der Waals surface area contributed by atoms with Gasteiger partial charge in [0.2, 0.25) is 5.91 Å². The molecule has 2 aliphatic heterocycles. The maximum absolute atomic E-state index is 12.7. The third kappa shape index (κ3) is 3.14. The van der Waals surface area contributed by atoms with Crippen LogP contribution in [0.25, 0.3) is 0 Å². The van der Waals surface area contributed by atoms with Crippen molar-refractivity contribution in [3.63, 3.8) is 0 Å². The van der Waals surface area contributed by atoms with Gasteiger partial charge in [-0.25, -0.2) is 4.98 Å². The highest BCUT2D eigenvalue weighted by atomic mass is 16.5. The number of likely N-dealkylation sites (tertiary alicyclic amines) is 1. The van der Waals surface area contributed by atoms with E-state index in [-0.39, 0.29) is 12.0 Å². The Bertz CT molecular complexity index is 583. The summed E-state index contributed by atoms with van der Waals surface area (Å²) < 4.78 is 5.27. The molecular formula is C16H22N4O3. The van der Waals surface area contributed by atoms with Gasteiger partial charge >= 0.3 is 0 Å². The molecule has 1 aromatic rings. The molecule has 0 radical (unpaired) electrons. The summed E-state index contributed by atoms with van der Waals surface area (Å²) in [5, 5.41) is 0. The number of anilines is 1. The van der Waals surface area contributed by atoms with Crippen molar-refractivity contribution in [3.05, 3.63) is 23.9 Å². The van der Waals surface area contributed by atoms with Crippen molar-refractivity contribution < 1.29 is 14.3 Å². The molecule has 0 unspecified atom stereocenters. The lowest BCUT2D eigenvalue weighted by Crippen LogP contribution is -2.43. The van der Waals surface area contributed by atoms with Crippen LogP contribution in [0, 0.1) is 0 Å². The van der Waals surface area contributed by atoms with Crippen LogP contribution >= 0.6 is 0 Å². The molecule has 1 aromatic heterocycles. The quantitative estimate of drug-likeness (QED) is 0.868. The molecule has 0 spiro atoms. The largest absolute Gasteiger partial charge is 0.380 e. The highest BCUT2D eigenvalue weighted by Crippen LogP contribution is 2.23. The van der Waals surface area contributed by atoms with Gasteiger partial charge in [-0.2, -0.15) is 0 Å². The molecule has 2 atom stereocenters. The van der Waals surface area contributed by atoms with Gasteiger partial charge in [-0.15, -0.1) is 0 Å². The van der Waals surface area contributed by atoms with Gasteiger partial charge < -0.3 is 20.3 Å². The minimum absolute atomic E-state index is 0.159. The first-order valence-electron chi connectivity index (χ1n) is 7.94. The van der Waals surface area contributed by atoms with Crippen LogP contribution in [-0.4, -0.2) is 60.6 Å². The number of primary amides is 1. The minimum atomic E-state index is -0.620. The summed E-state index contributed by atoms with van der Waals surface area (Å²) in [5.74, 6) is 0.162. The van der Waals surface area contributed by atoms with Gasteiger partial charge in [-0.05, 0) is 25.0 Å². The van der Waals surface area contributed by atoms with Crippen molar-refractivity contribution in [1.29, 1.82) is 0 Å². The summed E-state index contributed by atoms with van der Waals surface area (Å²) in [6.07, 6.45) is 4.21. The molecule has 7 nitrogen and oxygen atoms in total. The van der Waals surface area contributed by atoms with Crippen LogP contribution in [0.2, 0.25) is 0 Å². The second-order valence-electron chi connectivity index (χ2n) is 6.07. The number of carbonyl (C=O) groups is 2. The lowest BCUT2D eigenvalue weighted by Gasteiger charge is -2.22. The SMILES string of the molecule is CO[C@H]1C[C@@H](C(N)=O)N(C(=O)c2ccc(N3CCCC3)nc2)C1. The van der Waals surface area contributed by atoms with Crippen molar-refractivity contribution in [2.45, 2.75) is 31.4 Å². The Morgan fingerprint density at radius 2 is 2.04 bits per heavy atom. The number of carbonyl (C=O) groups excluding carboxylic acids is 2. The molecule has 0 saturated carbocycles. The lowest BCUT2D eigenvalue weighted by atomic mass is 10.1. The van der Waals surface area contributed by atoms with E-state index < -0.39 is 11.9 Å². The van der Waals surface area contributed by atoms with E-state index in [0.717, 1.165) is 18.9 Å². The minimum Gasteiger partial charge on any atom is -0.380 e. The molecule has 3 rings (SSSR count). The van der Waals surface area contributed by atoms with Gasteiger partial charge in [0.15, 0.2) is 0 Å². The molecule has 124 valence electrons. The smallest absolute Gasteiger partial charge is 0.256 e. The van der Waals surface area contributed by atoms with Crippen molar-refractivity contribution in [2.75, 3.05) is 31.6 Å².